The first kappa shape index (κ1) is 15.6. The minimum Gasteiger partial charge on any atom is -0.436 e. The van der Waals surface area contributed by atoms with Gasteiger partial charge >= 0.3 is 0 Å². The molecule has 0 aliphatic rings. The van der Waals surface area contributed by atoms with E-state index in [0.29, 0.717) is 22.7 Å². The number of amides is 1. The summed E-state index contributed by atoms with van der Waals surface area (Å²) in [6.07, 6.45) is 0. The Labute approximate surface area is 144 Å². The minimum absolute atomic E-state index is 0.0947. The molecule has 1 aromatic heterocycles. The van der Waals surface area contributed by atoms with Crippen LogP contribution in [0.5, 0.6) is 0 Å². The van der Waals surface area contributed by atoms with E-state index >= 15 is 0 Å². The number of benzene rings is 2. The Balaban J connectivity index is 1.85. The van der Waals surface area contributed by atoms with Crippen LogP contribution in [0.25, 0.3) is 22.6 Å². The molecule has 0 bridgehead atoms. The van der Waals surface area contributed by atoms with Crippen LogP contribution in [-0.2, 0) is 4.79 Å². The maximum Gasteiger partial charge on any atom is 0.235 e. The van der Waals surface area contributed by atoms with Crippen LogP contribution < -0.4 is 5.32 Å². The van der Waals surface area contributed by atoms with Crippen molar-refractivity contribution in [3.8, 4) is 16.9 Å². The largest absolute Gasteiger partial charge is 0.436 e. The number of aromatic nitrogens is 1. The number of nitrogens with one attached hydrogen (secondary N) is 1. The number of hydrogen-bond acceptors (Lipinski definition) is 5. The molecular formula is C16H10BrN3O2S. The van der Waals surface area contributed by atoms with Crippen LogP contribution in [0.1, 0.15) is 0 Å². The predicted octanol–water partition coefficient (Wildman–Crippen LogP) is 4.41. The second-order valence-electron chi connectivity index (χ2n) is 4.64. The zero-order valence-corrected chi connectivity index (χ0v) is 14.1. The second kappa shape index (κ2) is 6.86. The van der Waals surface area contributed by atoms with E-state index in [2.05, 4.69) is 26.2 Å². The average Bonchev–Trinajstić information content (AvgIpc) is 2.96. The van der Waals surface area contributed by atoms with Gasteiger partial charge in [0.25, 0.3) is 0 Å². The monoisotopic (exact) mass is 387 g/mol. The standard InChI is InChI=1S/C16H10BrN3O2S/c17-11-3-1-10(2-4-11)16-20-13-7-12(5-6-14(13)22-16)19-15(21)8-23-9-18/h1-7H,8H2,(H,19,21). The van der Waals surface area contributed by atoms with E-state index in [9.17, 15) is 4.79 Å². The van der Waals surface area contributed by atoms with Gasteiger partial charge in [-0.1, -0.05) is 15.9 Å². The summed E-state index contributed by atoms with van der Waals surface area (Å²) in [6.45, 7) is 0. The summed E-state index contributed by atoms with van der Waals surface area (Å²) < 4.78 is 6.72. The molecule has 1 amide bonds. The summed E-state index contributed by atoms with van der Waals surface area (Å²) in [6, 6.07) is 12.9. The lowest BCUT2D eigenvalue weighted by atomic mass is 10.2. The van der Waals surface area contributed by atoms with Crippen molar-refractivity contribution in [1.29, 1.82) is 5.26 Å². The Kier molecular flexibility index (Phi) is 4.65. The van der Waals surface area contributed by atoms with Gasteiger partial charge in [0.05, 0.1) is 5.75 Å². The van der Waals surface area contributed by atoms with Crippen molar-refractivity contribution >= 4 is 50.4 Å². The van der Waals surface area contributed by atoms with Gasteiger partial charge in [0.15, 0.2) is 5.58 Å². The first-order valence-corrected chi connectivity index (χ1v) is 8.41. The molecule has 2 aromatic carbocycles. The van der Waals surface area contributed by atoms with Crippen molar-refractivity contribution in [2.75, 3.05) is 11.1 Å². The molecule has 0 saturated heterocycles. The van der Waals surface area contributed by atoms with E-state index in [4.69, 9.17) is 9.68 Å². The molecule has 0 spiro atoms. The summed E-state index contributed by atoms with van der Waals surface area (Å²) in [5.41, 5.74) is 2.80. The highest BCUT2D eigenvalue weighted by Gasteiger charge is 2.10. The quantitative estimate of drug-likeness (QED) is 0.670. The number of nitriles is 1. The Morgan fingerprint density at radius 3 is 2.83 bits per heavy atom. The first-order chi connectivity index (χ1) is 11.2. The molecule has 23 heavy (non-hydrogen) atoms. The fourth-order valence-electron chi connectivity index (χ4n) is 2.02. The molecule has 3 rings (SSSR count). The molecule has 7 heteroatoms. The average molecular weight is 388 g/mol. The van der Waals surface area contributed by atoms with Crippen molar-refractivity contribution in [3.05, 3.63) is 46.9 Å². The summed E-state index contributed by atoms with van der Waals surface area (Å²) in [4.78, 5) is 16.1. The van der Waals surface area contributed by atoms with Crippen LogP contribution in [0, 0.1) is 10.7 Å². The molecule has 1 N–H and O–H groups in total. The lowest BCUT2D eigenvalue weighted by Gasteiger charge is -2.02. The summed E-state index contributed by atoms with van der Waals surface area (Å²) in [5.74, 6) is 0.390. The topological polar surface area (TPSA) is 78.9 Å². The number of oxazole rings is 1. The van der Waals surface area contributed by atoms with Gasteiger partial charge in [-0.2, -0.15) is 5.26 Å². The lowest BCUT2D eigenvalue weighted by molar-refractivity contribution is -0.113. The van der Waals surface area contributed by atoms with Crippen molar-refractivity contribution in [3.63, 3.8) is 0 Å². The van der Waals surface area contributed by atoms with Gasteiger partial charge in [-0.25, -0.2) is 4.98 Å². The van der Waals surface area contributed by atoms with E-state index in [0.717, 1.165) is 21.8 Å². The molecule has 3 aromatic rings. The molecule has 0 fully saturated rings. The van der Waals surface area contributed by atoms with Gasteiger partial charge in [-0.15, -0.1) is 0 Å². The number of hydrogen-bond donors (Lipinski definition) is 1. The molecule has 0 unspecified atom stereocenters. The highest BCUT2D eigenvalue weighted by molar-refractivity contribution is 9.10. The van der Waals surface area contributed by atoms with E-state index in [1.165, 1.54) is 0 Å². The van der Waals surface area contributed by atoms with E-state index in [1.807, 2.05) is 29.7 Å². The van der Waals surface area contributed by atoms with Crippen LogP contribution >= 0.6 is 27.7 Å². The molecular weight excluding hydrogens is 378 g/mol. The third kappa shape index (κ3) is 3.73. The Bertz CT molecular complexity index is 900. The van der Waals surface area contributed by atoms with E-state index in [1.54, 1.807) is 18.2 Å². The van der Waals surface area contributed by atoms with Crippen molar-refractivity contribution in [2.45, 2.75) is 0 Å². The number of thioether (sulfide) groups is 1. The van der Waals surface area contributed by atoms with Gasteiger partial charge in [0.2, 0.25) is 11.8 Å². The van der Waals surface area contributed by atoms with Gasteiger partial charge in [0, 0.05) is 15.7 Å². The van der Waals surface area contributed by atoms with Crippen molar-refractivity contribution in [2.24, 2.45) is 0 Å². The Hall–Kier alpha value is -2.30. The summed E-state index contributed by atoms with van der Waals surface area (Å²) >= 11 is 4.29. The molecule has 5 nitrogen and oxygen atoms in total. The molecule has 0 aliphatic carbocycles. The van der Waals surface area contributed by atoms with Gasteiger partial charge in [-0.3, -0.25) is 4.79 Å². The number of fused-ring (bicyclic) bond motifs is 1. The van der Waals surface area contributed by atoms with Crippen LogP contribution in [0.4, 0.5) is 5.69 Å². The van der Waals surface area contributed by atoms with E-state index < -0.39 is 0 Å². The number of carbonyl (C=O) groups excluding carboxylic acids is 1. The molecule has 0 radical (unpaired) electrons. The first-order valence-electron chi connectivity index (χ1n) is 6.63. The maximum absolute atomic E-state index is 11.6. The smallest absolute Gasteiger partial charge is 0.235 e. The Morgan fingerprint density at radius 2 is 2.09 bits per heavy atom. The zero-order valence-electron chi connectivity index (χ0n) is 11.7. The second-order valence-corrected chi connectivity index (χ2v) is 6.31. The number of thiocyanates is 1. The molecule has 0 atom stereocenters. The van der Waals surface area contributed by atoms with E-state index in [-0.39, 0.29) is 11.7 Å². The van der Waals surface area contributed by atoms with Crippen LogP contribution in [-0.4, -0.2) is 16.6 Å². The summed E-state index contributed by atoms with van der Waals surface area (Å²) in [7, 11) is 0. The third-order valence-electron chi connectivity index (χ3n) is 3.03. The van der Waals surface area contributed by atoms with Gasteiger partial charge in [0.1, 0.15) is 10.9 Å². The fraction of sp³-hybridized carbons (Fsp3) is 0.0625. The van der Waals surface area contributed by atoms with Gasteiger partial charge < -0.3 is 9.73 Å². The van der Waals surface area contributed by atoms with Gasteiger partial charge in [-0.05, 0) is 54.2 Å². The highest BCUT2D eigenvalue weighted by atomic mass is 79.9. The SMILES string of the molecule is N#CSCC(=O)Nc1ccc2oc(-c3ccc(Br)cc3)nc2c1. The number of carbonyl (C=O) groups is 1. The number of nitrogens with zero attached hydrogens (tertiary/aromatic N) is 2. The van der Waals surface area contributed by atoms with Crippen molar-refractivity contribution < 1.29 is 9.21 Å². The zero-order chi connectivity index (χ0) is 16.2. The van der Waals surface area contributed by atoms with Crippen LogP contribution in [0.3, 0.4) is 0 Å². The fourth-order valence-corrected chi connectivity index (χ4v) is 2.55. The highest BCUT2D eigenvalue weighted by Crippen LogP contribution is 2.27. The normalized spacial score (nSPS) is 10.4. The number of rotatable bonds is 4. The number of anilines is 1. The van der Waals surface area contributed by atoms with Crippen LogP contribution in [0.15, 0.2) is 51.4 Å². The summed E-state index contributed by atoms with van der Waals surface area (Å²) in [5, 5.41) is 13.0. The van der Waals surface area contributed by atoms with Crippen molar-refractivity contribution in [1.82, 2.24) is 4.98 Å². The molecule has 114 valence electrons. The third-order valence-corrected chi connectivity index (χ3v) is 4.09. The molecule has 0 aliphatic heterocycles. The molecule has 0 saturated carbocycles. The molecule has 1 heterocycles. The predicted molar refractivity (Wildman–Crippen MR) is 93.8 cm³/mol. The van der Waals surface area contributed by atoms with Crippen LogP contribution in [0.2, 0.25) is 0 Å². The Morgan fingerprint density at radius 1 is 1.30 bits per heavy atom. The lowest BCUT2D eigenvalue weighted by Crippen LogP contribution is -2.13. The minimum atomic E-state index is -0.229. The maximum atomic E-state index is 11.6. The number of halogens is 1.